The third-order valence-electron chi connectivity index (χ3n) is 2.85. The van der Waals surface area contributed by atoms with Gasteiger partial charge in [0.05, 0.1) is 0 Å². The van der Waals surface area contributed by atoms with Crippen molar-refractivity contribution in [3.05, 3.63) is 58.6 Å². The van der Waals surface area contributed by atoms with Crippen LogP contribution in [-0.2, 0) is 0 Å². The van der Waals surface area contributed by atoms with E-state index in [2.05, 4.69) is 9.98 Å². The average Bonchev–Trinajstić information content (AvgIpc) is 3.10. The highest BCUT2D eigenvalue weighted by Gasteiger charge is 2.29. The summed E-state index contributed by atoms with van der Waals surface area (Å²) in [6.07, 6.45) is 0. The molecule has 4 rings (SSSR count). The predicted octanol–water partition coefficient (Wildman–Crippen LogP) is 5.84. The second kappa shape index (κ2) is 7.01. The second-order valence-electron chi connectivity index (χ2n) is 4.55. The number of rotatable bonds is 2. The molecule has 9 heteroatoms. The summed E-state index contributed by atoms with van der Waals surface area (Å²) in [7, 11) is 2.82. The molecule has 2 heterocycles. The van der Waals surface area contributed by atoms with E-state index in [-0.39, 0.29) is 8.55 Å². The normalized spacial score (nSPS) is 16.7. The first-order chi connectivity index (χ1) is 11.7. The summed E-state index contributed by atoms with van der Waals surface area (Å²) in [4.78, 5) is 8.84. The summed E-state index contributed by atoms with van der Waals surface area (Å²) < 4.78 is 11.5. The van der Waals surface area contributed by atoms with Gasteiger partial charge in [-0.1, -0.05) is 23.2 Å². The van der Waals surface area contributed by atoms with Gasteiger partial charge in [-0.3, -0.25) is 0 Å². The molecule has 122 valence electrons. The number of hydrogen-bond donors (Lipinski definition) is 0. The Morgan fingerprint density at radius 3 is 1.50 bits per heavy atom. The number of ether oxygens (including phenoxy) is 2. The van der Waals surface area contributed by atoms with Crippen LogP contribution in [-0.4, -0.2) is 15.6 Å². The Hall–Kier alpha value is -1.12. The van der Waals surface area contributed by atoms with E-state index in [1.807, 2.05) is 0 Å². The molecule has 2 aromatic rings. The van der Waals surface area contributed by atoms with Gasteiger partial charge in [0.1, 0.15) is 11.5 Å². The van der Waals surface area contributed by atoms with Crippen molar-refractivity contribution in [1.82, 2.24) is 0 Å². The van der Waals surface area contributed by atoms with Gasteiger partial charge in [0, 0.05) is 31.6 Å². The number of hydrogen-bond acceptors (Lipinski definition) is 6. The summed E-state index contributed by atoms with van der Waals surface area (Å²) in [6, 6.07) is 14.3. The maximum Gasteiger partial charge on any atom is 0.269 e. The van der Waals surface area contributed by atoms with Gasteiger partial charge in [0.25, 0.3) is 10.5 Å². The Bertz CT molecular complexity index is 809. The molecule has 0 bridgehead atoms. The Labute approximate surface area is 158 Å². The van der Waals surface area contributed by atoms with Crippen LogP contribution in [0, 0.1) is 0 Å². The van der Waals surface area contributed by atoms with Crippen molar-refractivity contribution in [2.24, 2.45) is 9.98 Å². The number of benzene rings is 2. The lowest BCUT2D eigenvalue weighted by Crippen LogP contribution is -2.05. The topological polar surface area (TPSA) is 43.2 Å². The van der Waals surface area contributed by atoms with Gasteiger partial charge < -0.3 is 9.47 Å². The van der Waals surface area contributed by atoms with Gasteiger partial charge in [-0.15, -0.1) is 0 Å². The van der Waals surface area contributed by atoms with E-state index in [1.165, 1.54) is 21.6 Å². The Morgan fingerprint density at radius 2 is 1.12 bits per heavy atom. The van der Waals surface area contributed by atoms with Gasteiger partial charge in [0.15, 0.2) is 0 Å². The first-order valence-corrected chi connectivity index (χ1v) is 11.3. The monoisotopic (exact) mass is 414 g/mol. The zero-order valence-corrected chi connectivity index (χ0v) is 15.8. The zero-order chi connectivity index (χ0) is 16.5. The molecule has 0 amide bonds. The molecule has 0 aromatic heterocycles. The number of aliphatic imine (C=N–C) groups is 2. The fourth-order valence-electron chi connectivity index (χ4n) is 1.80. The molecule has 0 N–H and O–H groups in total. The van der Waals surface area contributed by atoms with Crippen LogP contribution in [0.5, 0.6) is 11.5 Å². The minimum atomic E-state index is -0.244. The molecule has 2 aliphatic heterocycles. The lowest BCUT2D eigenvalue weighted by molar-refractivity contribution is 0.566. The summed E-state index contributed by atoms with van der Waals surface area (Å²) >= 11 is 11.7. The van der Waals surface area contributed by atoms with Crippen molar-refractivity contribution in [3.8, 4) is 11.5 Å². The first kappa shape index (κ1) is 16.4. The molecule has 0 aliphatic carbocycles. The lowest BCUT2D eigenvalue weighted by Gasteiger charge is -2.07. The molecule has 0 fully saturated rings. The summed E-state index contributed by atoms with van der Waals surface area (Å²) in [5.74, 6) is 1.39. The van der Waals surface area contributed by atoms with Crippen molar-refractivity contribution >= 4 is 68.9 Å². The molecule has 0 unspecified atom stereocenters. The van der Waals surface area contributed by atoms with Crippen LogP contribution in [0.1, 0.15) is 0 Å². The van der Waals surface area contributed by atoms with Gasteiger partial charge in [-0.2, -0.15) is 9.98 Å². The van der Waals surface area contributed by atoms with E-state index in [0.717, 1.165) is 5.11 Å². The van der Waals surface area contributed by atoms with Crippen LogP contribution in [0.15, 0.2) is 58.5 Å². The first-order valence-electron chi connectivity index (χ1n) is 6.68. The Morgan fingerprint density at radius 1 is 0.708 bits per heavy atom. The molecule has 2 aliphatic rings. The van der Waals surface area contributed by atoms with Crippen molar-refractivity contribution in [2.75, 3.05) is 0 Å². The largest absolute Gasteiger partial charge is 0.433 e. The molecule has 0 radical (unpaired) electrons. The predicted molar refractivity (Wildman–Crippen MR) is 107 cm³/mol. The quantitative estimate of drug-likeness (QED) is 0.456. The molecule has 24 heavy (non-hydrogen) atoms. The van der Waals surface area contributed by atoms with Crippen LogP contribution < -0.4 is 9.47 Å². The van der Waals surface area contributed by atoms with Crippen LogP contribution >= 0.6 is 53.3 Å². The molecule has 0 atom stereocenters. The Balaban J connectivity index is 1.41. The van der Waals surface area contributed by atoms with E-state index < -0.39 is 0 Å². The molecular weight excluding hydrogens is 407 g/mol. The van der Waals surface area contributed by atoms with Crippen molar-refractivity contribution < 1.29 is 9.47 Å². The number of halogens is 2. The van der Waals surface area contributed by atoms with Crippen LogP contribution in [0.4, 0.5) is 0 Å². The van der Waals surface area contributed by atoms with E-state index in [1.54, 1.807) is 48.5 Å². The van der Waals surface area contributed by atoms with Crippen molar-refractivity contribution in [3.63, 3.8) is 0 Å². The summed E-state index contributed by atoms with van der Waals surface area (Å²) in [5.41, 5.74) is 0. The highest BCUT2D eigenvalue weighted by Crippen LogP contribution is 2.53. The zero-order valence-electron chi connectivity index (χ0n) is 11.8. The third-order valence-corrected chi connectivity index (χ3v) is 8.66. The standard InChI is InChI=1S/C15H8Cl2N2O2S3/c16-9-1-5-11(6-2-9)20-14-18-13-19-15(23-24(13)22-14)21-12-7-3-10(17)4-8-12/h1-8H. The minimum Gasteiger partial charge on any atom is -0.433 e. The van der Waals surface area contributed by atoms with Gasteiger partial charge >= 0.3 is 0 Å². The van der Waals surface area contributed by atoms with Crippen molar-refractivity contribution in [2.45, 2.75) is 0 Å². The lowest BCUT2D eigenvalue weighted by atomic mass is 10.3. The van der Waals surface area contributed by atoms with E-state index in [0.29, 0.717) is 32.0 Å². The van der Waals surface area contributed by atoms with Gasteiger partial charge in [-0.25, -0.2) is 0 Å². The molecule has 0 spiro atoms. The van der Waals surface area contributed by atoms with Crippen LogP contribution in [0.2, 0.25) is 10.0 Å². The number of nitrogens with zero attached hydrogens (tertiary/aromatic N) is 2. The smallest absolute Gasteiger partial charge is 0.269 e. The highest BCUT2D eigenvalue weighted by atomic mass is 35.5. The van der Waals surface area contributed by atoms with Gasteiger partial charge in [-0.05, 0) is 57.1 Å². The maximum absolute atomic E-state index is 5.86. The second-order valence-corrected chi connectivity index (χ2v) is 10.9. The van der Waals surface area contributed by atoms with Gasteiger partial charge in [0.2, 0.25) is 5.11 Å². The molecular formula is C15H8Cl2N2O2S3. The van der Waals surface area contributed by atoms with Crippen LogP contribution in [0.3, 0.4) is 0 Å². The summed E-state index contributed by atoms with van der Waals surface area (Å²) in [6.45, 7) is 0. The highest BCUT2D eigenvalue weighted by molar-refractivity contribution is 9.20. The average molecular weight is 415 g/mol. The van der Waals surface area contributed by atoms with E-state index >= 15 is 0 Å². The summed E-state index contributed by atoms with van der Waals surface area (Å²) in [5, 5.41) is 3.22. The Kier molecular flexibility index (Phi) is 4.78. The van der Waals surface area contributed by atoms with Crippen molar-refractivity contribution in [1.29, 1.82) is 0 Å². The molecule has 0 saturated carbocycles. The fraction of sp³-hybridized carbons (Fsp3) is 0. The SMILES string of the molecule is Clc1ccc(OC2=NC3=S(S2)SC(Oc2ccc(Cl)cc2)=N3)cc1. The van der Waals surface area contributed by atoms with E-state index in [9.17, 15) is 0 Å². The fourth-order valence-corrected chi connectivity index (χ4v) is 6.99. The minimum absolute atomic E-state index is 0.244. The third kappa shape index (κ3) is 3.75. The molecule has 2 aromatic carbocycles. The molecule has 4 nitrogen and oxygen atoms in total. The van der Waals surface area contributed by atoms with E-state index in [4.69, 9.17) is 32.7 Å². The molecule has 0 saturated heterocycles. The van der Waals surface area contributed by atoms with Crippen LogP contribution in [0.25, 0.3) is 0 Å². The maximum atomic E-state index is 5.86.